The predicted octanol–water partition coefficient (Wildman–Crippen LogP) is -0.0150. The van der Waals surface area contributed by atoms with Gasteiger partial charge in [0.05, 0.1) is 0 Å². The fourth-order valence-electron chi connectivity index (χ4n) is 0. The Balaban J connectivity index is 0. The van der Waals surface area contributed by atoms with E-state index in [0.29, 0.717) is 0 Å². The van der Waals surface area contributed by atoms with Crippen LogP contribution in [0, 0.1) is 0 Å². The van der Waals surface area contributed by atoms with Crippen molar-refractivity contribution in [2.75, 3.05) is 0 Å². The van der Waals surface area contributed by atoms with Gasteiger partial charge in [-0.05, 0) is 0 Å². The first-order valence-electron chi connectivity index (χ1n) is 0. The molecule has 0 heterocycles. The molecule has 2 radical (unpaired) electrons. The molecule has 0 amide bonds. The number of hydrogen-bond donors (Lipinski definition) is 0. The average Bonchev–Trinajstić information content (AvgIpc) is 0. The van der Waals surface area contributed by atoms with Crippen molar-refractivity contribution >= 4 is 0 Å². The third-order valence-corrected chi connectivity index (χ3v) is 0. The Hall–Kier alpha value is 3.51. The van der Waals surface area contributed by atoms with Crippen molar-refractivity contribution in [2.45, 2.75) is 0 Å². The number of rotatable bonds is 0. The molecule has 0 rings (SSSR count). The monoisotopic (exact) mass is 498 g/mol. The van der Waals surface area contributed by atoms with E-state index in [0.717, 1.165) is 0 Å². The molecule has 0 aliphatic rings. The standard InChI is InChI=1S/Cr.Mn.Mo.Ni.V.W. The van der Waals surface area contributed by atoms with E-state index in [1.165, 1.54) is 0 Å². The molecule has 0 aliphatic heterocycles. The van der Waals surface area contributed by atoms with Gasteiger partial charge in [-0.2, -0.15) is 0 Å². The molecule has 0 aliphatic carbocycles. The van der Waals surface area contributed by atoms with Crippen LogP contribution < -0.4 is 0 Å². The second-order valence-corrected chi connectivity index (χ2v) is 0. The summed E-state index contributed by atoms with van der Waals surface area (Å²) in [6.45, 7) is 0. The molecule has 0 N–H and O–H groups in total. The quantitative estimate of drug-likeness (QED) is 0.414. The summed E-state index contributed by atoms with van der Waals surface area (Å²) in [7, 11) is 0. The zero-order valence-electron chi connectivity index (χ0n) is 2.37. The predicted molar refractivity (Wildman–Crippen MR) is 0 cm³/mol. The normalized spacial score (nSPS) is 0. The summed E-state index contributed by atoms with van der Waals surface area (Å²) in [5.41, 5.74) is 0. The van der Waals surface area contributed by atoms with Crippen molar-refractivity contribution in [3.63, 3.8) is 0 Å². The van der Waals surface area contributed by atoms with Gasteiger partial charge in [0, 0.05) is 112 Å². The Bertz CT molecular complexity index is 15.5. The molecular weight excluding hydrogens is 496 g/mol. The zero-order valence-corrected chi connectivity index (χ0v) is 12.1. The van der Waals surface area contributed by atoms with Crippen LogP contribution in [0.1, 0.15) is 0 Å². The number of hydrogen-bond acceptors (Lipinski definition) is 0. The maximum Gasteiger partial charge on any atom is 0 e. The van der Waals surface area contributed by atoms with Gasteiger partial charge in [-0.25, -0.2) is 0 Å². The molecule has 0 saturated heterocycles. The van der Waals surface area contributed by atoms with Gasteiger partial charge in [-0.3, -0.25) is 0 Å². The van der Waals surface area contributed by atoms with Gasteiger partial charge in [0.15, 0.2) is 0 Å². The van der Waals surface area contributed by atoms with E-state index in [2.05, 4.69) is 0 Å². The summed E-state index contributed by atoms with van der Waals surface area (Å²) in [4.78, 5) is 0. The van der Waals surface area contributed by atoms with Crippen LogP contribution in [0.5, 0.6) is 0 Å². The maximum atomic E-state index is 0. The SMILES string of the molecule is [Cr].[Mn].[Mo].[Ni].[V].[W]. The molecule has 0 saturated carbocycles. The van der Waals surface area contributed by atoms with Crippen molar-refractivity contribution in [3.8, 4) is 0 Å². The minimum absolute atomic E-state index is 0. The first-order valence-corrected chi connectivity index (χ1v) is 0. The van der Waals surface area contributed by atoms with Gasteiger partial charge in [0.2, 0.25) is 0 Å². The molecule has 0 fully saturated rings. The van der Waals surface area contributed by atoms with Gasteiger partial charge in [0.1, 0.15) is 0 Å². The smallest absolute Gasteiger partial charge is 0 e. The van der Waals surface area contributed by atoms with Crippen LogP contribution in [0.25, 0.3) is 0 Å². The first kappa shape index (κ1) is 55.9. The summed E-state index contributed by atoms with van der Waals surface area (Å²) in [5.74, 6) is 0. The molecule has 0 spiro atoms. The van der Waals surface area contributed by atoms with E-state index in [4.69, 9.17) is 0 Å². The van der Waals surface area contributed by atoms with E-state index in [1.807, 2.05) is 0 Å². The third-order valence-electron chi connectivity index (χ3n) is 0. The van der Waals surface area contributed by atoms with Crippen LogP contribution in [0.3, 0.4) is 0 Å². The second kappa shape index (κ2) is 39.0. The summed E-state index contributed by atoms with van der Waals surface area (Å²) in [5, 5.41) is 0. The zero-order chi connectivity index (χ0) is 0. The minimum Gasteiger partial charge on any atom is 0 e. The van der Waals surface area contributed by atoms with Crippen molar-refractivity contribution < 1.29 is 112 Å². The maximum absolute atomic E-state index is 0. The fraction of sp³-hybridized carbons (Fsp3) is 0. The van der Waals surface area contributed by atoms with E-state index in [9.17, 15) is 0 Å². The molecule has 0 bridgehead atoms. The van der Waals surface area contributed by atoms with Gasteiger partial charge < -0.3 is 0 Å². The summed E-state index contributed by atoms with van der Waals surface area (Å²) in [6.07, 6.45) is 0. The van der Waals surface area contributed by atoms with E-state index < -0.39 is 0 Å². The largest absolute Gasteiger partial charge is 0 e. The average molecular weight is 496 g/mol. The Morgan fingerprint density at radius 1 is 1.00 bits per heavy atom. The van der Waals surface area contributed by atoms with Gasteiger partial charge in [-0.1, -0.05) is 0 Å². The third kappa shape index (κ3) is 25.8. The van der Waals surface area contributed by atoms with Crippen molar-refractivity contribution in [2.24, 2.45) is 0 Å². The van der Waals surface area contributed by atoms with Crippen LogP contribution in [0.4, 0.5) is 0 Å². The van der Waals surface area contributed by atoms with Crippen LogP contribution in [-0.4, -0.2) is 0 Å². The molecule has 0 nitrogen and oxygen atoms in total. The van der Waals surface area contributed by atoms with Crippen molar-refractivity contribution in [3.05, 3.63) is 0 Å². The molecule has 0 aromatic carbocycles. The van der Waals surface area contributed by atoms with Gasteiger partial charge in [0.25, 0.3) is 0 Å². The first-order chi connectivity index (χ1) is 0. The van der Waals surface area contributed by atoms with Gasteiger partial charge >= 0.3 is 0 Å². The second-order valence-electron chi connectivity index (χ2n) is 0. The molecule has 0 aromatic rings. The molecule has 6 heavy (non-hydrogen) atoms. The molecule has 0 unspecified atom stereocenters. The minimum atomic E-state index is 0. The molecule has 0 aromatic heterocycles. The molecule has 6 heteroatoms. The molecule has 40 valence electrons. The summed E-state index contributed by atoms with van der Waals surface area (Å²) < 4.78 is 0. The Kier molecular flexibility index (Phi) is 363. The van der Waals surface area contributed by atoms with Crippen LogP contribution in [0.15, 0.2) is 0 Å². The van der Waals surface area contributed by atoms with Crippen molar-refractivity contribution in [1.29, 1.82) is 0 Å². The van der Waals surface area contributed by atoms with Gasteiger partial charge in [-0.15, -0.1) is 0 Å². The summed E-state index contributed by atoms with van der Waals surface area (Å²) in [6, 6.07) is 0. The summed E-state index contributed by atoms with van der Waals surface area (Å²) >= 11 is 0. The van der Waals surface area contributed by atoms with E-state index in [1.54, 1.807) is 0 Å². The fourth-order valence-corrected chi connectivity index (χ4v) is 0. The van der Waals surface area contributed by atoms with Crippen LogP contribution in [-0.2, 0) is 112 Å². The Morgan fingerprint density at radius 2 is 1.00 bits per heavy atom. The van der Waals surface area contributed by atoms with E-state index >= 15 is 0 Å². The van der Waals surface area contributed by atoms with Crippen molar-refractivity contribution in [1.82, 2.24) is 0 Å². The van der Waals surface area contributed by atoms with Crippen LogP contribution in [0.2, 0.25) is 0 Å². The molecular formula is CrMnMoNiVW. The van der Waals surface area contributed by atoms with E-state index in [-0.39, 0.29) is 112 Å². The topological polar surface area (TPSA) is 0 Å². The van der Waals surface area contributed by atoms with Crippen LogP contribution >= 0.6 is 0 Å². The molecule has 0 atom stereocenters. The Labute approximate surface area is 110 Å². The Morgan fingerprint density at radius 3 is 1.00 bits per heavy atom.